The summed E-state index contributed by atoms with van der Waals surface area (Å²) in [5, 5.41) is 8.23. The minimum Gasteiger partial charge on any atom is -0.374 e. The van der Waals surface area contributed by atoms with Crippen LogP contribution in [0, 0.1) is 0 Å². The molecule has 0 fully saturated rings. The van der Waals surface area contributed by atoms with Crippen LogP contribution < -0.4 is 10.5 Å². The highest BCUT2D eigenvalue weighted by atomic mass is 32.2. The van der Waals surface area contributed by atoms with Gasteiger partial charge in [0, 0.05) is 19.2 Å². The zero-order valence-electron chi connectivity index (χ0n) is 13.6. The molecule has 1 atom stereocenters. The van der Waals surface area contributed by atoms with Crippen molar-refractivity contribution in [2.45, 2.75) is 24.8 Å². The lowest BCUT2D eigenvalue weighted by atomic mass is 10.2. The molecule has 0 aliphatic rings. The topological polar surface area (TPSA) is 118 Å². The Morgan fingerprint density at radius 3 is 2.71 bits per heavy atom. The summed E-state index contributed by atoms with van der Waals surface area (Å²) in [5.41, 5.74) is 5.83. The molecule has 2 rings (SSSR count). The van der Waals surface area contributed by atoms with Crippen molar-refractivity contribution in [2.24, 2.45) is 0 Å². The van der Waals surface area contributed by atoms with Gasteiger partial charge >= 0.3 is 0 Å². The third-order valence-electron chi connectivity index (χ3n) is 3.37. The van der Waals surface area contributed by atoms with Crippen molar-refractivity contribution in [2.75, 3.05) is 19.3 Å². The fraction of sp³-hybridized carbons (Fsp3) is 0.357. The minimum absolute atomic E-state index is 0.0159. The van der Waals surface area contributed by atoms with Gasteiger partial charge in [0.25, 0.3) is 5.91 Å². The van der Waals surface area contributed by atoms with Gasteiger partial charge in [-0.25, -0.2) is 13.1 Å². The van der Waals surface area contributed by atoms with Gasteiger partial charge in [0.2, 0.25) is 15.2 Å². The Balaban J connectivity index is 2.24. The summed E-state index contributed by atoms with van der Waals surface area (Å²) in [6, 6.07) is 5.34. The number of carbonyl (C=O) groups is 1. The van der Waals surface area contributed by atoms with E-state index in [9.17, 15) is 13.2 Å². The molecule has 24 heavy (non-hydrogen) atoms. The van der Waals surface area contributed by atoms with E-state index in [-0.39, 0.29) is 15.9 Å². The predicted octanol–water partition coefficient (Wildman–Crippen LogP) is 1.25. The molecule has 0 saturated carbocycles. The monoisotopic (exact) mass is 369 g/mol. The van der Waals surface area contributed by atoms with Gasteiger partial charge in [-0.05, 0) is 32.0 Å². The van der Waals surface area contributed by atoms with Gasteiger partial charge in [-0.3, -0.25) is 4.79 Å². The van der Waals surface area contributed by atoms with E-state index in [4.69, 9.17) is 5.73 Å². The maximum Gasteiger partial charge on any atom is 0.253 e. The number of sulfonamides is 1. The van der Waals surface area contributed by atoms with Gasteiger partial charge in [-0.15, -0.1) is 10.2 Å². The lowest BCUT2D eigenvalue weighted by Gasteiger charge is -2.16. The average Bonchev–Trinajstić information content (AvgIpc) is 3.00. The average molecular weight is 369 g/mol. The first kappa shape index (κ1) is 18.3. The Bertz CT molecular complexity index is 834. The molecule has 1 heterocycles. The fourth-order valence-electron chi connectivity index (χ4n) is 1.93. The molecule has 0 aliphatic heterocycles. The molecule has 0 radical (unpaired) electrons. The van der Waals surface area contributed by atoms with Crippen LogP contribution in [0.15, 0.2) is 29.2 Å². The van der Waals surface area contributed by atoms with Crippen LogP contribution in [-0.2, 0) is 10.0 Å². The molecule has 0 spiro atoms. The second-order valence-electron chi connectivity index (χ2n) is 5.17. The predicted molar refractivity (Wildman–Crippen MR) is 92.1 cm³/mol. The van der Waals surface area contributed by atoms with Crippen molar-refractivity contribution in [3.05, 3.63) is 34.8 Å². The summed E-state index contributed by atoms with van der Waals surface area (Å²) in [5.74, 6) is -0.237. The van der Waals surface area contributed by atoms with Gasteiger partial charge in [0.05, 0.1) is 10.9 Å². The maximum absolute atomic E-state index is 12.5. The summed E-state index contributed by atoms with van der Waals surface area (Å²) in [7, 11) is -2.15. The van der Waals surface area contributed by atoms with E-state index in [2.05, 4.69) is 14.9 Å². The molecule has 130 valence electrons. The number of carbonyl (C=O) groups excluding carboxylic acids is 1. The van der Waals surface area contributed by atoms with E-state index in [0.717, 1.165) is 11.3 Å². The molecular formula is C14H19N5O3S2. The Morgan fingerprint density at radius 1 is 1.42 bits per heavy atom. The van der Waals surface area contributed by atoms with Gasteiger partial charge in [-0.2, -0.15) is 0 Å². The van der Waals surface area contributed by atoms with E-state index in [1.807, 2.05) is 6.92 Å². The van der Waals surface area contributed by atoms with E-state index >= 15 is 0 Å². The quantitative estimate of drug-likeness (QED) is 0.791. The molecule has 0 aliphatic carbocycles. The molecule has 0 saturated heterocycles. The summed E-state index contributed by atoms with van der Waals surface area (Å²) < 4.78 is 27.6. The number of nitrogen functional groups attached to an aromatic ring is 1. The highest BCUT2D eigenvalue weighted by molar-refractivity contribution is 7.89. The summed E-state index contributed by atoms with van der Waals surface area (Å²) in [6.45, 7) is 4.02. The number of hydrogen-bond acceptors (Lipinski definition) is 7. The van der Waals surface area contributed by atoms with E-state index in [1.165, 1.54) is 17.0 Å². The Kier molecular flexibility index (Phi) is 5.52. The third-order valence-corrected chi connectivity index (χ3v) is 5.84. The van der Waals surface area contributed by atoms with Crippen LogP contribution >= 0.6 is 11.3 Å². The minimum atomic E-state index is -3.81. The maximum atomic E-state index is 12.5. The summed E-state index contributed by atoms with van der Waals surface area (Å²) in [4.78, 5) is 13.7. The number of benzene rings is 1. The van der Waals surface area contributed by atoms with Gasteiger partial charge in [0.15, 0.2) is 0 Å². The molecule has 0 bridgehead atoms. The molecule has 1 amide bonds. The number of anilines is 1. The Morgan fingerprint density at radius 2 is 2.12 bits per heavy atom. The van der Waals surface area contributed by atoms with Crippen molar-refractivity contribution in [3.8, 4) is 0 Å². The lowest BCUT2D eigenvalue weighted by Crippen LogP contribution is -2.28. The number of aromatic nitrogens is 2. The van der Waals surface area contributed by atoms with E-state index < -0.39 is 16.1 Å². The van der Waals surface area contributed by atoms with Crippen LogP contribution in [0.4, 0.5) is 5.13 Å². The second kappa shape index (κ2) is 7.24. The summed E-state index contributed by atoms with van der Waals surface area (Å²) in [6.07, 6.45) is 0. The van der Waals surface area contributed by atoms with Gasteiger partial charge in [0.1, 0.15) is 5.01 Å². The smallest absolute Gasteiger partial charge is 0.253 e. The summed E-state index contributed by atoms with van der Waals surface area (Å²) >= 11 is 1.11. The highest BCUT2D eigenvalue weighted by Gasteiger charge is 2.22. The SMILES string of the molecule is CCN(C)C(=O)c1cccc(S(=O)(=O)N[C@@H](C)c2nnc(N)s2)c1. The standard InChI is InChI=1S/C14H19N5O3S2/c1-4-19(3)13(20)10-6-5-7-11(8-10)24(21,22)18-9(2)12-16-17-14(15)23-12/h5-9,18H,4H2,1-3H3,(H2,15,17)/t9-/m0/s1. The van der Waals surface area contributed by atoms with E-state index in [0.29, 0.717) is 17.1 Å². The number of nitrogens with zero attached hydrogens (tertiary/aromatic N) is 3. The fourth-order valence-corrected chi connectivity index (χ4v) is 3.87. The van der Waals surface area contributed by atoms with Gasteiger partial charge < -0.3 is 10.6 Å². The van der Waals surface area contributed by atoms with Crippen LogP contribution in [0.25, 0.3) is 0 Å². The molecule has 0 unspecified atom stereocenters. The molecule has 10 heteroatoms. The molecule has 2 aromatic rings. The van der Waals surface area contributed by atoms with Crippen molar-refractivity contribution in [1.29, 1.82) is 0 Å². The molecule has 1 aromatic heterocycles. The van der Waals surface area contributed by atoms with Crippen molar-refractivity contribution in [3.63, 3.8) is 0 Å². The molecule has 3 N–H and O–H groups in total. The number of hydrogen-bond donors (Lipinski definition) is 2. The zero-order chi connectivity index (χ0) is 17.9. The third kappa shape index (κ3) is 4.08. The van der Waals surface area contributed by atoms with Crippen molar-refractivity contribution < 1.29 is 13.2 Å². The highest BCUT2D eigenvalue weighted by Crippen LogP contribution is 2.21. The van der Waals surface area contributed by atoms with Crippen LogP contribution in [-0.4, -0.2) is 43.0 Å². The first-order valence-corrected chi connectivity index (χ1v) is 9.51. The molecule has 1 aromatic carbocycles. The number of nitrogens with one attached hydrogen (secondary N) is 1. The van der Waals surface area contributed by atoms with Gasteiger partial charge in [-0.1, -0.05) is 17.4 Å². The second-order valence-corrected chi connectivity index (χ2v) is 7.92. The largest absolute Gasteiger partial charge is 0.374 e. The number of amides is 1. The molecular weight excluding hydrogens is 350 g/mol. The van der Waals surface area contributed by atoms with Crippen molar-refractivity contribution >= 4 is 32.4 Å². The van der Waals surface area contributed by atoms with Crippen molar-refractivity contribution in [1.82, 2.24) is 19.8 Å². The van der Waals surface area contributed by atoms with Crippen LogP contribution in [0.2, 0.25) is 0 Å². The first-order valence-electron chi connectivity index (χ1n) is 7.21. The van der Waals surface area contributed by atoms with Crippen LogP contribution in [0.5, 0.6) is 0 Å². The Labute approximate surface area is 144 Å². The number of nitrogens with two attached hydrogens (primary N) is 1. The molecule has 8 nitrogen and oxygen atoms in total. The normalized spacial score (nSPS) is 12.8. The number of rotatable bonds is 6. The Hall–Kier alpha value is -2.04. The lowest BCUT2D eigenvalue weighted by molar-refractivity contribution is 0.0802. The van der Waals surface area contributed by atoms with Crippen LogP contribution in [0.3, 0.4) is 0 Å². The van der Waals surface area contributed by atoms with Crippen LogP contribution in [0.1, 0.15) is 35.3 Å². The zero-order valence-corrected chi connectivity index (χ0v) is 15.2. The first-order chi connectivity index (χ1) is 11.2. The van der Waals surface area contributed by atoms with E-state index in [1.54, 1.807) is 26.1 Å².